The molecule has 0 bridgehead atoms. The first-order valence-corrected chi connectivity index (χ1v) is 8.97. The molecule has 0 radical (unpaired) electrons. The van der Waals surface area contributed by atoms with Crippen LogP contribution in [0.1, 0.15) is 5.56 Å². The molecule has 0 aromatic heterocycles. The van der Waals surface area contributed by atoms with Crippen LogP contribution in [0.3, 0.4) is 0 Å². The molecule has 0 saturated carbocycles. The Labute approximate surface area is 151 Å². The summed E-state index contributed by atoms with van der Waals surface area (Å²) in [4.78, 5) is 12.1. The minimum absolute atomic E-state index is 0.240. The molecule has 0 heterocycles. The van der Waals surface area contributed by atoms with Gasteiger partial charge in [-0.25, -0.2) is 5.14 Å². The number of nitrogens with two attached hydrogens (primary N) is 1. The van der Waals surface area contributed by atoms with Crippen LogP contribution >= 0.6 is 0 Å². The highest BCUT2D eigenvalue weighted by Crippen LogP contribution is 2.25. The van der Waals surface area contributed by atoms with E-state index in [-0.39, 0.29) is 5.69 Å². The van der Waals surface area contributed by atoms with Gasteiger partial charge in [0.1, 0.15) is 11.5 Å². The van der Waals surface area contributed by atoms with Gasteiger partial charge in [0.15, 0.2) is 0 Å². The van der Waals surface area contributed by atoms with Crippen LogP contribution in [0.5, 0.6) is 11.5 Å². The molecule has 138 valence electrons. The zero-order valence-corrected chi connectivity index (χ0v) is 15.0. The first kappa shape index (κ1) is 19.3. The van der Waals surface area contributed by atoms with Crippen molar-refractivity contribution in [3.8, 4) is 11.5 Å². The SMILES string of the molecule is COc1ccc(OC)c(C=CC(=O)Nc2cccc(NS(N)(=O)=O)c2)c1. The zero-order chi connectivity index (χ0) is 19.2. The zero-order valence-electron chi connectivity index (χ0n) is 14.2. The quantitative estimate of drug-likeness (QED) is 0.637. The normalized spacial score (nSPS) is 11.2. The summed E-state index contributed by atoms with van der Waals surface area (Å²) in [6.45, 7) is 0. The summed E-state index contributed by atoms with van der Waals surface area (Å²) in [5, 5.41) is 7.55. The van der Waals surface area contributed by atoms with Gasteiger partial charge in [-0.1, -0.05) is 6.07 Å². The third-order valence-corrected chi connectivity index (χ3v) is 3.76. The Morgan fingerprint density at radius 3 is 2.46 bits per heavy atom. The van der Waals surface area contributed by atoms with Crippen molar-refractivity contribution in [1.29, 1.82) is 0 Å². The molecule has 2 aromatic rings. The average Bonchev–Trinajstić information content (AvgIpc) is 2.58. The number of ether oxygens (including phenoxy) is 2. The lowest BCUT2D eigenvalue weighted by Crippen LogP contribution is -2.21. The highest BCUT2D eigenvalue weighted by Gasteiger charge is 2.05. The van der Waals surface area contributed by atoms with Crippen molar-refractivity contribution in [3.63, 3.8) is 0 Å². The Hall–Kier alpha value is -3.04. The summed E-state index contributed by atoms with van der Waals surface area (Å²) < 4.78 is 34.6. The van der Waals surface area contributed by atoms with Crippen LogP contribution in [0, 0.1) is 0 Å². The van der Waals surface area contributed by atoms with E-state index in [2.05, 4.69) is 10.0 Å². The van der Waals surface area contributed by atoms with E-state index in [4.69, 9.17) is 14.6 Å². The number of rotatable bonds is 7. The number of benzene rings is 2. The Morgan fingerprint density at radius 2 is 1.81 bits per heavy atom. The van der Waals surface area contributed by atoms with E-state index in [1.165, 1.54) is 25.3 Å². The van der Waals surface area contributed by atoms with Gasteiger partial charge in [-0.3, -0.25) is 9.52 Å². The molecule has 2 aromatic carbocycles. The maximum atomic E-state index is 12.1. The summed E-state index contributed by atoms with van der Waals surface area (Å²) in [6.07, 6.45) is 2.92. The number of hydrogen-bond acceptors (Lipinski definition) is 5. The fraction of sp³-hybridized carbons (Fsp3) is 0.118. The lowest BCUT2D eigenvalue weighted by atomic mass is 10.1. The molecule has 26 heavy (non-hydrogen) atoms. The maximum absolute atomic E-state index is 12.1. The van der Waals surface area contributed by atoms with E-state index in [1.807, 2.05) is 0 Å². The van der Waals surface area contributed by atoms with Crippen LogP contribution in [0.25, 0.3) is 6.08 Å². The molecule has 0 saturated heterocycles. The Morgan fingerprint density at radius 1 is 1.08 bits per heavy atom. The molecule has 0 aliphatic rings. The maximum Gasteiger partial charge on any atom is 0.296 e. The predicted molar refractivity (Wildman–Crippen MR) is 100 cm³/mol. The molecule has 0 atom stereocenters. The molecule has 0 spiro atoms. The molecule has 2 rings (SSSR count). The molecule has 0 aliphatic carbocycles. The largest absolute Gasteiger partial charge is 0.497 e. The second-order valence-corrected chi connectivity index (χ2v) is 6.45. The Balaban J connectivity index is 2.12. The first-order valence-electron chi connectivity index (χ1n) is 7.42. The van der Waals surface area contributed by atoms with E-state index >= 15 is 0 Å². The molecule has 8 nitrogen and oxygen atoms in total. The number of nitrogens with one attached hydrogen (secondary N) is 2. The van der Waals surface area contributed by atoms with Crippen molar-refractivity contribution in [3.05, 3.63) is 54.1 Å². The van der Waals surface area contributed by atoms with Gasteiger partial charge in [0.2, 0.25) is 5.91 Å². The minimum Gasteiger partial charge on any atom is -0.497 e. The Bertz CT molecular complexity index is 926. The third-order valence-electron chi connectivity index (χ3n) is 3.24. The summed E-state index contributed by atoms with van der Waals surface area (Å²) in [5.74, 6) is 0.824. The van der Waals surface area contributed by atoms with E-state index in [1.54, 1.807) is 43.5 Å². The van der Waals surface area contributed by atoms with E-state index in [9.17, 15) is 13.2 Å². The van der Waals surface area contributed by atoms with Crippen LogP contribution in [0.4, 0.5) is 11.4 Å². The van der Waals surface area contributed by atoms with Crippen molar-refractivity contribution in [2.75, 3.05) is 24.3 Å². The van der Waals surface area contributed by atoms with Gasteiger partial charge in [0, 0.05) is 17.3 Å². The number of carbonyl (C=O) groups is 1. The lowest BCUT2D eigenvalue weighted by molar-refractivity contribution is -0.111. The third kappa shape index (κ3) is 5.80. The van der Waals surface area contributed by atoms with Gasteiger partial charge in [-0.15, -0.1) is 0 Å². The van der Waals surface area contributed by atoms with Crippen LogP contribution in [0.2, 0.25) is 0 Å². The molecule has 0 unspecified atom stereocenters. The smallest absolute Gasteiger partial charge is 0.296 e. The number of anilines is 2. The molecular formula is C17H19N3O5S. The fourth-order valence-corrected chi connectivity index (χ4v) is 2.60. The van der Waals surface area contributed by atoms with Crippen molar-refractivity contribution < 1.29 is 22.7 Å². The average molecular weight is 377 g/mol. The van der Waals surface area contributed by atoms with Crippen LogP contribution in [-0.4, -0.2) is 28.5 Å². The first-order chi connectivity index (χ1) is 12.3. The van der Waals surface area contributed by atoms with Gasteiger partial charge >= 0.3 is 0 Å². The lowest BCUT2D eigenvalue weighted by Gasteiger charge is -2.08. The van der Waals surface area contributed by atoms with Crippen molar-refractivity contribution in [1.82, 2.24) is 0 Å². The number of carbonyl (C=O) groups excluding carboxylic acids is 1. The van der Waals surface area contributed by atoms with Crippen LogP contribution in [0.15, 0.2) is 48.5 Å². The molecule has 4 N–H and O–H groups in total. The van der Waals surface area contributed by atoms with Gasteiger partial charge in [0.05, 0.1) is 19.9 Å². The van der Waals surface area contributed by atoms with E-state index < -0.39 is 16.1 Å². The summed E-state index contributed by atoms with van der Waals surface area (Å²) >= 11 is 0. The monoisotopic (exact) mass is 377 g/mol. The molecule has 9 heteroatoms. The van der Waals surface area contributed by atoms with Gasteiger partial charge in [-0.2, -0.15) is 8.42 Å². The highest BCUT2D eigenvalue weighted by molar-refractivity contribution is 7.90. The van der Waals surface area contributed by atoms with E-state index in [0.717, 1.165) is 0 Å². The van der Waals surface area contributed by atoms with Gasteiger partial charge in [-0.05, 0) is 42.5 Å². The number of hydrogen-bond donors (Lipinski definition) is 3. The number of methoxy groups -OCH3 is 2. The summed E-state index contributed by atoms with van der Waals surface area (Å²) in [5.41, 5.74) is 1.32. The van der Waals surface area contributed by atoms with Gasteiger partial charge in [0.25, 0.3) is 10.2 Å². The second-order valence-electron chi connectivity index (χ2n) is 5.16. The summed E-state index contributed by atoms with van der Waals surface area (Å²) in [7, 11) is -0.808. The molecular weight excluding hydrogens is 358 g/mol. The van der Waals surface area contributed by atoms with E-state index in [0.29, 0.717) is 22.7 Å². The number of amides is 1. The molecule has 0 aliphatic heterocycles. The minimum atomic E-state index is -3.89. The standard InChI is InChI=1S/C17H19N3O5S/c1-24-15-7-8-16(25-2)12(10-15)6-9-17(21)19-13-4-3-5-14(11-13)20-26(18,22)23/h3-11,20H,1-2H3,(H,19,21)(H2,18,22,23). The van der Waals surface area contributed by atoms with Gasteiger partial charge < -0.3 is 14.8 Å². The van der Waals surface area contributed by atoms with Crippen molar-refractivity contribution >= 4 is 33.6 Å². The molecule has 1 amide bonds. The van der Waals surface area contributed by atoms with Crippen molar-refractivity contribution in [2.45, 2.75) is 0 Å². The Kier molecular flexibility index (Phi) is 6.21. The van der Waals surface area contributed by atoms with Crippen LogP contribution < -0.4 is 24.7 Å². The second kappa shape index (κ2) is 8.37. The topological polar surface area (TPSA) is 120 Å². The van der Waals surface area contributed by atoms with Crippen molar-refractivity contribution in [2.24, 2.45) is 5.14 Å². The fourth-order valence-electron chi connectivity index (χ4n) is 2.14. The molecule has 0 fully saturated rings. The summed E-state index contributed by atoms with van der Waals surface area (Å²) in [6, 6.07) is 11.4. The highest BCUT2D eigenvalue weighted by atomic mass is 32.2. The predicted octanol–water partition coefficient (Wildman–Crippen LogP) is 1.97. The van der Waals surface area contributed by atoms with Crippen LogP contribution in [-0.2, 0) is 15.0 Å².